The number of ether oxygens (including phenoxy) is 1. The number of methoxy groups -OCH3 is 1. The van der Waals surface area contributed by atoms with Crippen LogP contribution in [0.2, 0.25) is 5.02 Å². The molecule has 35 heavy (non-hydrogen) atoms. The van der Waals surface area contributed by atoms with Crippen LogP contribution in [0.1, 0.15) is 6.42 Å². The fourth-order valence-corrected chi connectivity index (χ4v) is 5.45. The van der Waals surface area contributed by atoms with E-state index in [-0.39, 0.29) is 6.61 Å². The van der Waals surface area contributed by atoms with Gasteiger partial charge in [0.25, 0.3) is 0 Å². The number of aliphatic hydroxyl groups is 1. The monoisotopic (exact) mass is 505 g/mol. The zero-order valence-electron chi connectivity index (χ0n) is 19.3. The van der Waals surface area contributed by atoms with Gasteiger partial charge in [-0.3, -0.25) is 0 Å². The van der Waals surface area contributed by atoms with Crippen LogP contribution in [0, 0.1) is 0 Å². The molecule has 2 aromatic carbocycles. The molecule has 5 aromatic rings. The molecular weight excluding hydrogens is 482 g/mol. The number of aliphatic hydroxyl groups excluding tert-OH is 1. The molecule has 0 radical (unpaired) electrons. The molecule has 0 aliphatic carbocycles. The fraction of sp³-hybridized carbons (Fsp3) is 0.192. The molecule has 0 saturated heterocycles. The minimum absolute atomic E-state index is 0.0914. The average molecular weight is 506 g/mol. The molecule has 3 aromatic heterocycles. The Hall–Kier alpha value is -3.46. The van der Waals surface area contributed by atoms with Crippen molar-refractivity contribution in [2.75, 3.05) is 25.6 Å². The highest BCUT2D eigenvalue weighted by Crippen LogP contribution is 2.48. The number of nitrogens with one attached hydrogen (secondary N) is 1. The largest absolute Gasteiger partial charge is 0.497 e. The molecule has 7 nitrogen and oxygen atoms in total. The first kappa shape index (κ1) is 23.3. The van der Waals surface area contributed by atoms with E-state index in [0.717, 1.165) is 37.5 Å². The summed E-state index contributed by atoms with van der Waals surface area (Å²) in [6, 6.07) is 15.8. The summed E-state index contributed by atoms with van der Waals surface area (Å²) < 4.78 is 7.24. The average Bonchev–Trinajstić information content (AvgIpc) is 3.48. The molecule has 0 unspecified atom stereocenters. The van der Waals surface area contributed by atoms with Crippen LogP contribution in [-0.4, -0.2) is 44.9 Å². The van der Waals surface area contributed by atoms with Gasteiger partial charge in [0.2, 0.25) is 0 Å². The van der Waals surface area contributed by atoms with E-state index in [1.807, 2.05) is 66.3 Å². The van der Waals surface area contributed by atoms with Gasteiger partial charge in [0.1, 0.15) is 22.1 Å². The predicted octanol–water partition coefficient (Wildman–Crippen LogP) is 5.88. The molecule has 0 bridgehead atoms. The molecule has 0 saturated carbocycles. The molecule has 0 fully saturated rings. The molecule has 0 aliphatic heterocycles. The quantitative estimate of drug-likeness (QED) is 0.256. The summed E-state index contributed by atoms with van der Waals surface area (Å²) in [5, 5.41) is 14.3. The Morgan fingerprint density at radius 2 is 1.91 bits per heavy atom. The maximum atomic E-state index is 9.35. The third-order valence-electron chi connectivity index (χ3n) is 5.61. The Morgan fingerprint density at radius 1 is 1.11 bits per heavy atom. The number of fused-ring (bicyclic) bond motifs is 1. The van der Waals surface area contributed by atoms with Crippen molar-refractivity contribution in [3.63, 3.8) is 0 Å². The lowest BCUT2D eigenvalue weighted by Crippen LogP contribution is -2.07. The van der Waals surface area contributed by atoms with E-state index >= 15 is 0 Å². The Morgan fingerprint density at radius 3 is 2.60 bits per heavy atom. The second-order valence-corrected chi connectivity index (χ2v) is 9.43. The summed E-state index contributed by atoms with van der Waals surface area (Å²) in [4.78, 5) is 16.1. The number of halogens is 1. The number of aryl methyl sites for hydroxylation is 1. The summed E-state index contributed by atoms with van der Waals surface area (Å²) in [7, 11) is 3.57. The molecule has 0 amide bonds. The maximum Gasteiger partial charge on any atom is 0.183 e. The van der Waals surface area contributed by atoms with Gasteiger partial charge < -0.3 is 19.7 Å². The Labute approximate surface area is 212 Å². The van der Waals surface area contributed by atoms with Gasteiger partial charge in [0.15, 0.2) is 5.82 Å². The minimum atomic E-state index is 0.0914. The second kappa shape index (κ2) is 10.0. The van der Waals surface area contributed by atoms with Crippen molar-refractivity contribution in [2.24, 2.45) is 7.05 Å². The van der Waals surface area contributed by atoms with E-state index in [2.05, 4.69) is 10.3 Å². The number of benzene rings is 2. The topological polar surface area (TPSA) is 85.1 Å². The zero-order valence-corrected chi connectivity index (χ0v) is 20.9. The first-order valence-electron chi connectivity index (χ1n) is 11.2. The minimum Gasteiger partial charge on any atom is -0.497 e. The van der Waals surface area contributed by atoms with Gasteiger partial charge in [-0.15, -0.1) is 11.3 Å². The van der Waals surface area contributed by atoms with Crippen molar-refractivity contribution < 1.29 is 9.84 Å². The van der Waals surface area contributed by atoms with Crippen molar-refractivity contribution in [3.05, 3.63) is 66.1 Å². The van der Waals surface area contributed by atoms with Gasteiger partial charge in [0.05, 0.1) is 18.8 Å². The number of rotatable bonds is 8. The molecule has 2 N–H and O–H groups in total. The van der Waals surface area contributed by atoms with E-state index in [1.165, 1.54) is 0 Å². The second-order valence-electron chi connectivity index (χ2n) is 8.02. The normalized spacial score (nSPS) is 11.2. The number of anilines is 1. The lowest BCUT2D eigenvalue weighted by molar-refractivity contribution is 0.292. The number of hydrogen-bond acceptors (Lipinski definition) is 7. The highest BCUT2D eigenvalue weighted by atomic mass is 35.5. The number of hydrogen-bond donors (Lipinski definition) is 2. The van der Waals surface area contributed by atoms with Gasteiger partial charge in [-0.1, -0.05) is 41.9 Å². The van der Waals surface area contributed by atoms with E-state index in [0.29, 0.717) is 35.3 Å². The van der Waals surface area contributed by atoms with E-state index in [1.54, 1.807) is 24.8 Å². The molecule has 0 atom stereocenters. The molecule has 0 aliphatic rings. The van der Waals surface area contributed by atoms with Crippen LogP contribution in [0.15, 0.2) is 61.1 Å². The number of imidazole rings is 1. The number of aromatic nitrogens is 4. The lowest BCUT2D eigenvalue weighted by atomic mass is 9.99. The first-order chi connectivity index (χ1) is 17.1. The summed E-state index contributed by atoms with van der Waals surface area (Å²) >= 11 is 8.23. The molecular formula is C26H24ClN5O2S. The third-order valence-corrected chi connectivity index (χ3v) is 7.06. The molecule has 0 spiro atoms. The van der Waals surface area contributed by atoms with Crippen LogP contribution in [0.25, 0.3) is 43.3 Å². The van der Waals surface area contributed by atoms with Crippen molar-refractivity contribution in [3.8, 4) is 38.8 Å². The van der Waals surface area contributed by atoms with Crippen LogP contribution >= 0.6 is 22.9 Å². The van der Waals surface area contributed by atoms with Crippen molar-refractivity contribution in [1.82, 2.24) is 19.5 Å². The van der Waals surface area contributed by atoms with Crippen LogP contribution in [0.3, 0.4) is 0 Å². The maximum absolute atomic E-state index is 9.35. The predicted molar refractivity (Wildman–Crippen MR) is 142 cm³/mol. The van der Waals surface area contributed by atoms with Gasteiger partial charge in [-0.2, -0.15) is 0 Å². The SMILES string of the molecule is COc1ccc(-c2c(-c3ccccc3Cl)sc3nc(-c4cn(C)cn4)nc(NCCCO)c23)cc1. The van der Waals surface area contributed by atoms with E-state index in [4.69, 9.17) is 26.3 Å². The molecule has 9 heteroatoms. The lowest BCUT2D eigenvalue weighted by Gasteiger charge is -2.12. The van der Waals surface area contributed by atoms with E-state index in [9.17, 15) is 5.11 Å². The number of thiophene rings is 1. The standard InChI is InChI=1S/C26H24ClN5O2S/c1-32-14-20(29-15-32)24-30-25(28-12-5-13-33)22-21(16-8-10-17(34-2)11-9-16)23(35-26(22)31-24)18-6-3-4-7-19(18)27/h3-4,6-11,14-15,33H,5,12-13H2,1-2H3,(H,28,30,31). The molecule has 3 heterocycles. The summed E-state index contributed by atoms with van der Waals surface area (Å²) in [6.45, 7) is 0.664. The summed E-state index contributed by atoms with van der Waals surface area (Å²) in [6.07, 6.45) is 4.23. The van der Waals surface area contributed by atoms with Crippen molar-refractivity contribution in [1.29, 1.82) is 0 Å². The Bertz CT molecular complexity index is 1480. The van der Waals surface area contributed by atoms with Crippen LogP contribution < -0.4 is 10.1 Å². The zero-order chi connectivity index (χ0) is 24.4. The van der Waals surface area contributed by atoms with Crippen molar-refractivity contribution >= 4 is 39.0 Å². The van der Waals surface area contributed by atoms with Crippen LogP contribution in [0.4, 0.5) is 5.82 Å². The highest BCUT2D eigenvalue weighted by Gasteiger charge is 2.23. The van der Waals surface area contributed by atoms with Gasteiger partial charge in [0, 0.05) is 47.4 Å². The Kier molecular flexibility index (Phi) is 6.68. The highest BCUT2D eigenvalue weighted by molar-refractivity contribution is 7.22. The molecule has 5 rings (SSSR count). The Balaban J connectivity index is 1.80. The van der Waals surface area contributed by atoms with Gasteiger partial charge in [-0.25, -0.2) is 15.0 Å². The third kappa shape index (κ3) is 4.60. The van der Waals surface area contributed by atoms with Crippen LogP contribution in [0.5, 0.6) is 5.75 Å². The summed E-state index contributed by atoms with van der Waals surface area (Å²) in [5.41, 5.74) is 3.63. The summed E-state index contributed by atoms with van der Waals surface area (Å²) in [5.74, 6) is 2.02. The van der Waals surface area contributed by atoms with Gasteiger partial charge >= 0.3 is 0 Å². The van der Waals surface area contributed by atoms with E-state index < -0.39 is 0 Å². The smallest absolute Gasteiger partial charge is 0.183 e. The molecule has 178 valence electrons. The number of nitrogens with zero attached hydrogens (tertiary/aromatic N) is 4. The van der Waals surface area contributed by atoms with Gasteiger partial charge in [-0.05, 0) is 30.2 Å². The fourth-order valence-electron chi connectivity index (χ4n) is 3.93. The van der Waals surface area contributed by atoms with Crippen LogP contribution in [-0.2, 0) is 7.05 Å². The first-order valence-corrected chi connectivity index (χ1v) is 12.4. The van der Waals surface area contributed by atoms with Crippen molar-refractivity contribution in [2.45, 2.75) is 6.42 Å².